The Morgan fingerprint density at radius 1 is 1.16 bits per heavy atom. The van der Waals surface area contributed by atoms with Gasteiger partial charge in [-0.2, -0.15) is 5.26 Å². The number of para-hydroxylation sites is 2. The Morgan fingerprint density at radius 2 is 1.88 bits per heavy atom. The molecule has 0 fully saturated rings. The van der Waals surface area contributed by atoms with Crippen LogP contribution in [0.15, 0.2) is 48.5 Å². The first kappa shape index (κ1) is 15.4. The number of carbonyl (C=O) groups is 1. The number of aromatic nitrogens is 2. The molecule has 3 aromatic rings. The van der Waals surface area contributed by atoms with E-state index in [0.29, 0.717) is 11.9 Å². The highest BCUT2D eigenvalue weighted by molar-refractivity contribution is 5.97. The maximum absolute atomic E-state index is 12.4. The lowest BCUT2D eigenvalue weighted by molar-refractivity contribution is -0.119. The largest absolute Gasteiger partial charge is 0.300 e. The Kier molecular flexibility index (Phi) is 3.54. The van der Waals surface area contributed by atoms with E-state index in [0.717, 1.165) is 16.6 Å². The molecule has 124 valence electrons. The molecule has 2 atom stereocenters. The Balaban J connectivity index is 1.93. The van der Waals surface area contributed by atoms with Crippen LogP contribution in [0.5, 0.6) is 0 Å². The van der Waals surface area contributed by atoms with Gasteiger partial charge in [0, 0.05) is 0 Å². The Morgan fingerprint density at radius 3 is 2.56 bits per heavy atom. The number of hydrogen-bond donors (Lipinski definition) is 1. The van der Waals surface area contributed by atoms with Crippen molar-refractivity contribution >= 4 is 22.9 Å². The predicted octanol–water partition coefficient (Wildman–Crippen LogP) is 3.84. The topological polar surface area (TPSA) is 70.7 Å². The normalized spacial score (nSPS) is 19.5. The summed E-state index contributed by atoms with van der Waals surface area (Å²) >= 11 is 0. The van der Waals surface area contributed by atoms with Crippen LogP contribution in [0.1, 0.15) is 36.9 Å². The smallest absolute Gasteiger partial charge is 0.246 e. The van der Waals surface area contributed by atoms with Crippen LogP contribution in [0.2, 0.25) is 0 Å². The van der Waals surface area contributed by atoms with Crippen LogP contribution in [-0.2, 0) is 4.79 Å². The summed E-state index contributed by atoms with van der Waals surface area (Å²) < 4.78 is 1.97. The quantitative estimate of drug-likeness (QED) is 0.776. The van der Waals surface area contributed by atoms with Gasteiger partial charge >= 0.3 is 0 Å². The molecular weight excluding hydrogens is 312 g/mol. The zero-order valence-corrected chi connectivity index (χ0v) is 14.1. The molecule has 1 N–H and O–H groups in total. The van der Waals surface area contributed by atoms with Gasteiger partial charge in [-0.3, -0.25) is 10.1 Å². The van der Waals surface area contributed by atoms with Crippen molar-refractivity contribution in [3.05, 3.63) is 59.7 Å². The molecule has 0 radical (unpaired) electrons. The van der Waals surface area contributed by atoms with Crippen molar-refractivity contribution in [2.45, 2.75) is 25.8 Å². The number of benzene rings is 2. The fraction of sp³-hybridized carbons (Fsp3) is 0.250. The summed E-state index contributed by atoms with van der Waals surface area (Å²) in [5.41, 5.74) is 3.89. The third-order valence-electron chi connectivity index (χ3n) is 4.79. The number of carbonyl (C=O) groups excluding carboxylic acids is 1. The minimum atomic E-state index is -0.796. The number of nitrogens with zero attached hydrogens (tertiary/aromatic N) is 3. The van der Waals surface area contributed by atoms with Gasteiger partial charge in [0.1, 0.15) is 0 Å². The summed E-state index contributed by atoms with van der Waals surface area (Å²) in [5, 5.41) is 12.4. The summed E-state index contributed by atoms with van der Waals surface area (Å²) in [4.78, 5) is 17.0. The van der Waals surface area contributed by atoms with Gasteiger partial charge in [0.05, 0.1) is 23.1 Å². The van der Waals surface area contributed by atoms with Gasteiger partial charge in [-0.25, -0.2) is 4.98 Å². The molecule has 1 aliphatic heterocycles. The van der Waals surface area contributed by atoms with Crippen LogP contribution >= 0.6 is 0 Å². The molecule has 2 heterocycles. The van der Waals surface area contributed by atoms with Gasteiger partial charge in [-0.05, 0) is 29.2 Å². The SMILES string of the molecule is CC(C)c1ccc([C@H]2[C@@H](C#N)C(=O)Nc3nc4ccccc4n32)cc1. The summed E-state index contributed by atoms with van der Waals surface area (Å²) in [6.45, 7) is 4.28. The maximum Gasteiger partial charge on any atom is 0.246 e. The molecule has 0 aliphatic carbocycles. The van der Waals surface area contributed by atoms with Gasteiger partial charge in [0.25, 0.3) is 0 Å². The van der Waals surface area contributed by atoms with Gasteiger partial charge in [0.2, 0.25) is 11.9 Å². The van der Waals surface area contributed by atoms with Crippen LogP contribution in [-0.4, -0.2) is 15.5 Å². The predicted molar refractivity (Wildman–Crippen MR) is 96.1 cm³/mol. The van der Waals surface area contributed by atoms with Crippen molar-refractivity contribution in [3.63, 3.8) is 0 Å². The van der Waals surface area contributed by atoms with Crippen molar-refractivity contribution in [1.82, 2.24) is 9.55 Å². The lowest BCUT2D eigenvalue weighted by Gasteiger charge is -2.30. The fourth-order valence-corrected chi connectivity index (χ4v) is 3.44. The van der Waals surface area contributed by atoms with Gasteiger partial charge in [0.15, 0.2) is 5.92 Å². The zero-order valence-electron chi connectivity index (χ0n) is 14.1. The van der Waals surface area contributed by atoms with E-state index in [1.165, 1.54) is 5.56 Å². The third-order valence-corrected chi connectivity index (χ3v) is 4.79. The van der Waals surface area contributed by atoms with Crippen LogP contribution < -0.4 is 5.32 Å². The number of nitriles is 1. The molecule has 0 unspecified atom stereocenters. The Bertz CT molecular complexity index is 995. The highest BCUT2D eigenvalue weighted by Gasteiger charge is 2.38. The van der Waals surface area contributed by atoms with Gasteiger partial charge in [-0.15, -0.1) is 0 Å². The number of nitrogens with one attached hydrogen (secondary N) is 1. The molecule has 0 bridgehead atoms. The number of imidazole rings is 1. The van der Waals surface area contributed by atoms with E-state index in [-0.39, 0.29) is 11.9 Å². The van der Waals surface area contributed by atoms with Gasteiger partial charge in [-0.1, -0.05) is 50.2 Å². The molecule has 1 aromatic heterocycles. The Labute approximate surface area is 145 Å². The second kappa shape index (κ2) is 5.75. The van der Waals surface area contributed by atoms with Crippen molar-refractivity contribution in [2.24, 2.45) is 5.92 Å². The van der Waals surface area contributed by atoms with Crippen molar-refractivity contribution in [3.8, 4) is 6.07 Å². The molecule has 5 heteroatoms. The summed E-state index contributed by atoms with van der Waals surface area (Å²) in [5.74, 6) is -0.172. The van der Waals surface area contributed by atoms with Crippen LogP contribution in [0.4, 0.5) is 5.95 Å². The van der Waals surface area contributed by atoms with Crippen molar-refractivity contribution < 1.29 is 4.79 Å². The van der Waals surface area contributed by atoms with E-state index in [1.54, 1.807) is 0 Å². The van der Waals surface area contributed by atoms with Crippen molar-refractivity contribution in [1.29, 1.82) is 5.26 Å². The third kappa shape index (κ3) is 2.38. The van der Waals surface area contributed by atoms with Crippen LogP contribution in [0.25, 0.3) is 11.0 Å². The minimum absolute atomic E-state index is 0.303. The first-order chi connectivity index (χ1) is 12.1. The van der Waals surface area contributed by atoms with E-state index >= 15 is 0 Å². The van der Waals surface area contributed by atoms with Gasteiger partial charge < -0.3 is 4.57 Å². The average molecular weight is 330 g/mol. The van der Waals surface area contributed by atoms with E-state index in [1.807, 2.05) is 41.0 Å². The molecule has 0 saturated heterocycles. The molecule has 25 heavy (non-hydrogen) atoms. The molecule has 1 aliphatic rings. The van der Waals surface area contributed by atoms with Crippen LogP contribution in [0, 0.1) is 17.2 Å². The van der Waals surface area contributed by atoms with E-state index in [9.17, 15) is 10.1 Å². The molecule has 5 nitrogen and oxygen atoms in total. The fourth-order valence-electron chi connectivity index (χ4n) is 3.44. The standard InChI is InChI=1S/C20H18N4O/c1-12(2)13-7-9-14(10-8-13)18-15(11-21)19(25)23-20-22-16-5-3-4-6-17(16)24(18)20/h3-10,12,15,18H,1-2H3,(H,22,23,25)/t15-,18+/m1/s1. The average Bonchev–Trinajstić information content (AvgIpc) is 2.98. The van der Waals surface area contributed by atoms with E-state index < -0.39 is 5.92 Å². The molecule has 0 spiro atoms. The lowest BCUT2D eigenvalue weighted by atomic mass is 9.90. The second-order valence-electron chi connectivity index (χ2n) is 6.66. The number of fused-ring (bicyclic) bond motifs is 3. The van der Waals surface area contributed by atoms with Crippen LogP contribution in [0.3, 0.4) is 0 Å². The molecule has 1 amide bonds. The second-order valence-corrected chi connectivity index (χ2v) is 6.66. The van der Waals surface area contributed by atoms with E-state index in [2.05, 4.69) is 42.4 Å². The lowest BCUT2D eigenvalue weighted by Crippen LogP contribution is -2.37. The summed E-state index contributed by atoms with van der Waals surface area (Å²) in [6, 6.07) is 17.7. The molecule has 4 rings (SSSR count). The molecule has 2 aromatic carbocycles. The Hall–Kier alpha value is -3.13. The number of anilines is 1. The molecular formula is C20H18N4O. The maximum atomic E-state index is 12.4. The summed E-state index contributed by atoms with van der Waals surface area (Å²) in [7, 11) is 0. The highest BCUT2D eigenvalue weighted by Crippen LogP contribution is 2.37. The molecule has 0 saturated carbocycles. The number of rotatable bonds is 2. The zero-order chi connectivity index (χ0) is 17.6. The number of amides is 1. The number of hydrogen-bond acceptors (Lipinski definition) is 3. The monoisotopic (exact) mass is 330 g/mol. The first-order valence-electron chi connectivity index (χ1n) is 8.37. The minimum Gasteiger partial charge on any atom is -0.300 e. The first-order valence-corrected chi connectivity index (χ1v) is 8.37. The van der Waals surface area contributed by atoms with Crippen molar-refractivity contribution in [2.75, 3.05) is 5.32 Å². The van der Waals surface area contributed by atoms with E-state index in [4.69, 9.17) is 0 Å². The highest BCUT2D eigenvalue weighted by atomic mass is 16.2. The summed E-state index contributed by atoms with van der Waals surface area (Å²) in [6.07, 6.45) is 0.